The van der Waals surface area contributed by atoms with Crippen molar-refractivity contribution in [1.29, 1.82) is 0 Å². The first-order chi connectivity index (χ1) is 16.4. The Morgan fingerprint density at radius 1 is 1.24 bits per heavy atom. The van der Waals surface area contributed by atoms with Crippen molar-refractivity contribution in [2.75, 3.05) is 37.6 Å². The summed E-state index contributed by atoms with van der Waals surface area (Å²) in [6.45, 7) is 3.85. The molecule has 2 atom stereocenters. The minimum Gasteiger partial charge on any atom is -0.365 e. The van der Waals surface area contributed by atoms with Gasteiger partial charge < -0.3 is 15.2 Å². The van der Waals surface area contributed by atoms with Crippen LogP contribution >= 0.6 is 0 Å². The number of aryl methyl sites for hydroxylation is 1. The van der Waals surface area contributed by atoms with E-state index in [0.29, 0.717) is 36.9 Å². The molecule has 1 saturated heterocycles. The van der Waals surface area contributed by atoms with E-state index in [0.717, 1.165) is 38.0 Å². The fraction of sp³-hybridized carbons (Fsp3) is 0.565. The highest BCUT2D eigenvalue weighted by atomic mass is 19.3. The molecule has 2 aliphatic rings. The minimum absolute atomic E-state index is 0.106. The molecule has 4 rings (SSSR count). The molecule has 2 fully saturated rings. The van der Waals surface area contributed by atoms with Gasteiger partial charge in [0.1, 0.15) is 11.4 Å². The molecular formula is C23H29F3N6O2. The minimum atomic E-state index is -2.68. The van der Waals surface area contributed by atoms with Gasteiger partial charge in [-0.2, -0.15) is 4.39 Å². The molecule has 2 aromatic rings. The van der Waals surface area contributed by atoms with Crippen molar-refractivity contribution in [3.8, 4) is 0 Å². The predicted octanol–water partition coefficient (Wildman–Crippen LogP) is 2.32. The number of hydrogen-bond acceptors (Lipinski definition) is 6. The molecule has 1 saturated carbocycles. The molecule has 184 valence electrons. The van der Waals surface area contributed by atoms with Crippen molar-refractivity contribution < 1.29 is 18.0 Å². The third-order valence-electron chi connectivity index (χ3n) is 6.71. The van der Waals surface area contributed by atoms with Crippen LogP contribution in [-0.4, -0.2) is 71.0 Å². The summed E-state index contributed by atoms with van der Waals surface area (Å²) in [6, 6.07) is 3.22. The fourth-order valence-electron chi connectivity index (χ4n) is 4.85. The highest BCUT2D eigenvalue weighted by Crippen LogP contribution is 2.36. The number of aromatic amines is 1. The van der Waals surface area contributed by atoms with Crippen molar-refractivity contribution >= 4 is 11.6 Å². The maximum Gasteiger partial charge on any atom is 0.270 e. The first-order valence-corrected chi connectivity index (χ1v) is 11.7. The summed E-state index contributed by atoms with van der Waals surface area (Å²) >= 11 is 0. The molecule has 34 heavy (non-hydrogen) atoms. The van der Waals surface area contributed by atoms with E-state index in [-0.39, 0.29) is 17.2 Å². The van der Waals surface area contributed by atoms with Crippen molar-refractivity contribution in [1.82, 2.24) is 25.2 Å². The van der Waals surface area contributed by atoms with Crippen LogP contribution in [0.3, 0.4) is 0 Å². The summed E-state index contributed by atoms with van der Waals surface area (Å²) < 4.78 is 39.1. The van der Waals surface area contributed by atoms with E-state index in [2.05, 4.69) is 19.9 Å². The summed E-state index contributed by atoms with van der Waals surface area (Å²) in [5, 5.41) is 2.02. The molecule has 11 heteroatoms. The molecule has 0 spiro atoms. The maximum absolute atomic E-state index is 14.6. The van der Waals surface area contributed by atoms with Crippen LogP contribution in [-0.2, 0) is 6.42 Å². The topological polar surface area (TPSA) is 94.2 Å². The molecule has 2 unspecified atom stereocenters. The molecule has 0 aromatic carbocycles. The molecule has 3 heterocycles. The quantitative estimate of drug-likeness (QED) is 0.594. The number of rotatable bonds is 7. The van der Waals surface area contributed by atoms with E-state index < -0.39 is 24.8 Å². The van der Waals surface area contributed by atoms with E-state index in [1.54, 1.807) is 6.20 Å². The van der Waals surface area contributed by atoms with Crippen LogP contribution in [0.25, 0.3) is 0 Å². The Kier molecular flexibility index (Phi) is 7.50. The Morgan fingerprint density at radius 3 is 2.65 bits per heavy atom. The lowest BCUT2D eigenvalue weighted by atomic mass is 10.0. The standard InChI is InChI=1S/C23H29F3N6O2/c1-2-16-23(34)30-18(12-27-16)14-3-4-15(11-14)31-7-9-32(10-8-31)19-6-5-17(29-21(19)26)22(33)28-13-20(24)25/h5-6,12,14-15,20H,2-4,7-11,13H2,1H3,(H,28,33)(H,30,34). The van der Waals surface area contributed by atoms with E-state index in [9.17, 15) is 22.8 Å². The lowest BCUT2D eigenvalue weighted by Gasteiger charge is -2.39. The highest BCUT2D eigenvalue weighted by molar-refractivity contribution is 5.92. The molecule has 1 aliphatic carbocycles. The average Bonchev–Trinajstić information content (AvgIpc) is 3.33. The molecule has 8 nitrogen and oxygen atoms in total. The third kappa shape index (κ3) is 5.40. The third-order valence-corrected chi connectivity index (χ3v) is 6.71. The van der Waals surface area contributed by atoms with Gasteiger partial charge in [-0.3, -0.25) is 19.5 Å². The average molecular weight is 479 g/mol. The van der Waals surface area contributed by atoms with Crippen LogP contribution in [0, 0.1) is 5.95 Å². The molecule has 1 amide bonds. The Balaban J connectivity index is 1.32. The number of pyridine rings is 1. The molecule has 0 bridgehead atoms. The molecule has 1 aliphatic heterocycles. The molecule has 0 radical (unpaired) electrons. The Morgan fingerprint density at radius 2 is 2.00 bits per heavy atom. The van der Waals surface area contributed by atoms with Gasteiger partial charge in [0.25, 0.3) is 17.9 Å². The van der Waals surface area contributed by atoms with Gasteiger partial charge in [-0.05, 0) is 37.8 Å². The maximum atomic E-state index is 14.6. The number of carbonyl (C=O) groups is 1. The summed E-state index contributed by atoms with van der Waals surface area (Å²) in [4.78, 5) is 39.2. The van der Waals surface area contributed by atoms with Gasteiger partial charge in [-0.1, -0.05) is 6.92 Å². The lowest BCUT2D eigenvalue weighted by molar-refractivity contribution is 0.0886. The second-order valence-electron chi connectivity index (χ2n) is 8.76. The van der Waals surface area contributed by atoms with E-state index in [4.69, 9.17) is 0 Å². The summed E-state index contributed by atoms with van der Waals surface area (Å²) in [6.07, 6.45) is 2.68. The molecule has 2 N–H and O–H groups in total. The van der Waals surface area contributed by atoms with Crippen molar-refractivity contribution in [2.45, 2.75) is 51.0 Å². The van der Waals surface area contributed by atoms with Crippen molar-refractivity contribution in [3.05, 3.63) is 51.7 Å². The number of alkyl halides is 2. The SMILES string of the molecule is CCc1ncc(C2CCC(N3CCN(c4ccc(C(=O)NCC(F)F)nc4F)CC3)C2)[nH]c1=O. The van der Waals surface area contributed by atoms with E-state index >= 15 is 0 Å². The van der Waals surface area contributed by atoms with Crippen molar-refractivity contribution in [3.63, 3.8) is 0 Å². The largest absolute Gasteiger partial charge is 0.365 e. The number of nitrogens with one attached hydrogen (secondary N) is 2. The van der Waals surface area contributed by atoms with Crippen LogP contribution < -0.4 is 15.8 Å². The van der Waals surface area contributed by atoms with Crippen molar-refractivity contribution in [2.24, 2.45) is 0 Å². The van der Waals surface area contributed by atoms with Gasteiger partial charge in [-0.25, -0.2) is 13.8 Å². The van der Waals surface area contributed by atoms with Crippen LogP contribution in [0.4, 0.5) is 18.9 Å². The number of halogens is 3. The van der Waals surface area contributed by atoms with Crippen LogP contribution in [0.5, 0.6) is 0 Å². The zero-order valence-electron chi connectivity index (χ0n) is 19.1. The first kappa shape index (κ1) is 24.2. The second-order valence-corrected chi connectivity index (χ2v) is 8.76. The zero-order valence-corrected chi connectivity index (χ0v) is 19.1. The summed E-state index contributed by atoms with van der Waals surface area (Å²) in [5.41, 5.74) is 1.42. The number of hydrogen-bond donors (Lipinski definition) is 2. The molecular weight excluding hydrogens is 449 g/mol. The lowest BCUT2D eigenvalue weighted by Crippen LogP contribution is -2.50. The van der Waals surface area contributed by atoms with Crippen LogP contribution in [0.1, 0.15) is 54.0 Å². The number of amides is 1. The van der Waals surface area contributed by atoms with E-state index in [1.165, 1.54) is 12.1 Å². The smallest absolute Gasteiger partial charge is 0.270 e. The number of anilines is 1. The van der Waals surface area contributed by atoms with E-state index in [1.807, 2.05) is 17.1 Å². The van der Waals surface area contributed by atoms with Gasteiger partial charge in [0, 0.05) is 50.0 Å². The monoisotopic (exact) mass is 478 g/mol. The second kappa shape index (κ2) is 10.5. The number of nitrogens with zero attached hydrogens (tertiary/aromatic N) is 4. The summed E-state index contributed by atoms with van der Waals surface area (Å²) in [7, 11) is 0. The number of piperazine rings is 1. The summed E-state index contributed by atoms with van der Waals surface area (Å²) in [5.74, 6) is -1.34. The van der Waals surface area contributed by atoms with Gasteiger partial charge in [-0.15, -0.1) is 0 Å². The predicted molar refractivity (Wildman–Crippen MR) is 121 cm³/mol. The van der Waals surface area contributed by atoms with Gasteiger partial charge >= 0.3 is 0 Å². The highest BCUT2D eigenvalue weighted by Gasteiger charge is 2.33. The van der Waals surface area contributed by atoms with Gasteiger partial charge in [0.2, 0.25) is 5.95 Å². The Hall–Kier alpha value is -2.95. The number of H-pyrrole nitrogens is 1. The fourth-order valence-corrected chi connectivity index (χ4v) is 4.85. The van der Waals surface area contributed by atoms with Crippen LogP contribution in [0.15, 0.2) is 23.1 Å². The Bertz CT molecular complexity index is 1070. The normalized spacial score (nSPS) is 21.3. The van der Waals surface area contributed by atoms with Gasteiger partial charge in [0.05, 0.1) is 12.2 Å². The number of aromatic nitrogens is 3. The molecule has 2 aromatic heterocycles. The number of carbonyl (C=O) groups excluding carboxylic acids is 1. The van der Waals surface area contributed by atoms with Gasteiger partial charge in [0.15, 0.2) is 0 Å². The zero-order chi connectivity index (χ0) is 24.2. The van der Waals surface area contributed by atoms with Crippen LogP contribution in [0.2, 0.25) is 0 Å². The first-order valence-electron chi connectivity index (χ1n) is 11.7. The Labute approximate surface area is 195 Å².